The highest BCUT2D eigenvalue weighted by Crippen LogP contribution is 2.26. The molecule has 0 fully saturated rings. The molecule has 1 aliphatic rings. The van der Waals surface area contributed by atoms with Gasteiger partial charge in [0.1, 0.15) is 5.75 Å². The van der Waals surface area contributed by atoms with Gasteiger partial charge in [-0.2, -0.15) is 0 Å². The summed E-state index contributed by atoms with van der Waals surface area (Å²) in [5.74, 6) is 1.56. The number of aryl methyl sites for hydroxylation is 2. The highest BCUT2D eigenvalue weighted by atomic mass is 32.2. The topological polar surface area (TPSA) is 65.2 Å². The third kappa shape index (κ3) is 3.51. The van der Waals surface area contributed by atoms with E-state index < -0.39 is 0 Å². The zero-order valence-electron chi connectivity index (χ0n) is 14.4. The normalized spacial score (nSPS) is 12.8. The van der Waals surface area contributed by atoms with Gasteiger partial charge in [-0.15, -0.1) is 10.2 Å². The number of methoxy groups -OCH3 is 1. The first kappa shape index (κ1) is 16.8. The zero-order valence-corrected chi connectivity index (χ0v) is 15.2. The summed E-state index contributed by atoms with van der Waals surface area (Å²) in [6.07, 6.45) is 3.37. The fourth-order valence-corrected chi connectivity index (χ4v) is 3.73. The van der Waals surface area contributed by atoms with Crippen LogP contribution < -0.4 is 4.74 Å². The number of ether oxygens (including phenoxy) is 1. The molecule has 0 N–H and O–H groups in total. The van der Waals surface area contributed by atoms with Crippen LogP contribution in [0.4, 0.5) is 0 Å². The summed E-state index contributed by atoms with van der Waals surface area (Å²) < 4.78 is 10.8. The lowest BCUT2D eigenvalue weighted by Gasteiger charge is -2.03. The van der Waals surface area contributed by atoms with E-state index in [0.717, 1.165) is 29.7 Å². The minimum atomic E-state index is 0.0777. The number of carbonyl (C=O) groups excluding carboxylic acids is 1. The average Bonchev–Trinajstić information content (AvgIpc) is 3.35. The molecule has 26 heavy (non-hydrogen) atoms. The van der Waals surface area contributed by atoms with E-state index in [2.05, 4.69) is 16.3 Å². The summed E-state index contributed by atoms with van der Waals surface area (Å²) in [5.41, 5.74) is 4.25. The summed E-state index contributed by atoms with van der Waals surface area (Å²) >= 11 is 1.27. The molecule has 0 radical (unpaired) electrons. The molecule has 3 aromatic rings. The number of aromatic nitrogens is 2. The van der Waals surface area contributed by atoms with Crippen molar-refractivity contribution in [2.24, 2.45) is 0 Å². The monoisotopic (exact) mass is 366 g/mol. The Morgan fingerprint density at radius 1 is 1.12 bits per heavy atom. The van der Waals surface area contributed by atoms with Gasteiger partial charge in [-0.25, -0.2) is 0 Å². The van der Waals surface area contributed by atoms with Crippen LogP contribution in [0.25, 0.3) is 11.5 Å². The summed E-state index contributed by atoms with van der Waals surface area (Å²) in [7, 11) is 1.62. The van der Waals surface area contributed by atoms with Gasteiger partial charge >= 0.3 is 0 Å². The molecule has 6 heteroatoms. The van der Waals surface area contributed by atoms with Gasteiger partial charge in [-0.05, 0) is 60.7 Å². The van der Waals surface area contributed by atoms with Crippen molar-refractivity contribution in [2.75, 3.05) is 12.9 Å². The first-order chi connectivity index (χ1) is 12.7. The second-order valence-electron chi connectivity index (χ2n) is 6.15. The van der Waals surface area contributed by atoms with E-state index in [9.17, 15) is 4.79 Å². The lowest BCUT2D eigenvalue weighted by Crippen LogP contribution is -2.03. The van der Waals surface area contributed by atoms with Crippen molar-refractivity contribution in [1.82, 2.24) is 10.2 Å². The molecule has 0 bridgehead atoms. The molecule has 1 heterocycles. The van der Waals surface area contributed by atoms with Gasteiger partial charge in [0.2, 0.25) is 5.89 Å². The maximum absolute atomic E-state index is 12.4. The number of carbonyl (C=O) groups is 1. The summed E-state index contributed by atoms with van der Waals surface area (Å²) in [5, 5.41) is 8.47. The zero-order chi connectivity index (χ0) is 17.9. The molecular formula is C20H18N2O3S. The van der Waals surface area contributed by atoms with Gasteiger partial charge in [0.05, 0.1) is 12.9 Å². The third-order valence-electron chi connectivity index (χ3n) is 4.49. The molecule has 0 amide bonds. The highest BCUT2D eigenvalue weighted by molar-refractivity contribution is 7.99. The van der Waals surface area contributed by atoms with Crippen molar-refractivity contribution in [2.45, 2.75) is 24.5 Å². The largest absolute Gasteiger partial charge is 0.497 e. The predicted octanol–water partition coefficient (Wildman–Crippen LogP) is 4.21. The molecule has 0 unspecified atom stereocenters. The van der Waals surface area contributed by atoms with Crippen molar-refractivity contribution in [3.05, 3.63) is 59.2 Å². The summed E-state index contributed by atoms with van der Waals surface area (Å²) in [6.45, 7) is 0. The van der Waals surface area contributed by atoms with E-state index >= 15 is 0 Å². The van der Waals surface area contributed by atoms with Gasteiger partial charge in [0, 0.05) is 11.1 Å². The maximum Gasteiger partial charge on any atom is 0.277 e. The molecular weight excluding hydrogens is 348 g/mol. The standard InChI is InChI=1S/C20H18N2O3S/c1-24-17-9-7-14(8-10-17)19-21-22-20(25-19)26-12-18(23)16-6-5-13-3-2-4-15(13)11-16/h5-11H,2-4,12H2,1H3. The Bertz CT molecular complexity index is 934. The number of hydrogen-bond donors (Lipinski definition) is 0. The van der Waals surface area contributed by atoms with E-state index in [1.54, 1.807) is 7.11 Å². The Hall–Kier alpha value is -2.60. The number of rotatable bonds is 6. The van der Waals surface area contributed by atoms with Gasteiger partial charge < -0.3 is 9.15 Å². The Morgan fingerprint density at radius 3 is 2.73 bits per heavy atom. The molecule has 0 saturated heterocycles. The van der Waals surface area contributed by atoms with Crippen LogP contribution in [0.1, 0.15) is 27.9 Å². The van der Waals surface area contributed by atoms with E-state index in [0.29, 0.717) is 11.1 Å². The predicted molar refractivity (Wildman–Crippen MR) is 99.8 cm³/mol. The third-order valence-corrected chi connectivity index (χ3v) is 5.31. The van der Waals surface area contributed by atoms with Crippen LogP contribution >= 0.6 is 11.8 Å². The molecule has 0 aliphatic heterocycles. The van der Waals surface area contributed by atoms with Gasteiger partial charge in [0.15, 0.2) is 5.78 Å². The van der Waals surface area contributed by atoms with Crippen LogP contribution in [0.3, 0.4) is 0 Å². The quantitative estimate of drug-likeness (QED) is 0.481. The molecule has 2 aromatic carbocycles. The lowest BCUT2D eigenvalue weighted by molar-refractivity contribution is 0.102. The summed E-state index contributed by atoms with van der Waals surface area (Å²) in [6, 6.07) is 13.4. The van der Waals surface area contributed by atoms with Crippen LogP contribution in [-0.4, -0.2) is 28.8 Å². The summed E-state index contributed by atoms with van der Waals surface area (Å²) in [4.78, 5) is 12.4. The van der Waals surface area contributed by atoms with Crippen LogP contribution in [0.5, 0.6) is 5.75 Å². The molecule has 0 atom stereocenters. The Labute approximate surface area is 155 Å². The molecule has 1 aromatic heterocycles. The van der Waals surface area contributed by atoms with Crippen LogP contribution in [0.2, 0.25) is 0 Å². The molecule has 5 nitrogen and oxygen atoms in total. The number of thioether (sulfide) groups is 1. The SMILES string of the molecule is COc1ccc(-c2nnc(SCC(=O)c3ccc4c(c3)CCC4)o2)cc1. The van der Waals surface area contributed by atoms with Gasteiger partial charge in [0.25, 0.3) is 5.22 Å². The van der Waals surface area contributed by atoms with E-state index in [4.69, 9.17) is 9.15 Å². The molecule has 4 rings (SSSR count). The number of fused-ring (bicyclic) bond motifs is 1. The first-order valence-corrected chi connectivity index (χ1v) is 9.47. The fraction of sp³-hybridized carbons (Fsp3) is 0.250. The highest BCUT2D eigenvalue weighted by Gasteiger charge is 2.16. The number of Topliss-reactive ketones (excluding diaryl/α,β-unsaturated/α-hetero) is 1. The molecule has 1 aliphatic carbocycles. The van der Waals surface area contributed by atoms with E-state index in [-0.39, 0.29) is 11.5 Å². The van der Waals surface area contributed by atoms with Gasteiger partial charge in [-0.1, -0.05) is 23.9 Å². The van der Waals surface area contributed by atoms with Crippen molar-refractivity contribution in [3.8, 4) is 17.2 Å². The Kier molecular flexibility index (Phi) is 4.75. The first-order valence-electron chi connectivity index (χ1n) is 8.48. The van der Waals surface area contributed by atoms with Crippen LogP contribution in [0.15, 0.2) is 52.1 Å². The minimum absolute atomic E-state index is 0.0777. The van der Waals surface area contributed by atoms with Crippen molar-refractivity contribution in [1.29, 1.82) is 0 Å². The minimum Gasteiger partial charge on any atom is -0.497 e. The van der Waals surface area contributed by atoms with Gasteiger partial charge in [-0.3, -0.25) is 4.79 Å². The smallest absolute Gasteiger partial charge is 0.277 e. The number of benzene rings is 2. The Balaban J connectivity index is 1.40. The number of ketones is 1. The lowest BCUT2D eigenvalue weighted by atomic mass is 10.0. The van der Waals surface area contributed by atoms with E-state index in [1.807, 2.05) is 36.4 Å². The molecule has 0 saturated carbocycles. The Morgan fingerprint density at radius 2 is 1.92 bits per heavy atom. The number of nitrogens with zero attached hydrogens (tertiary/aromatic N) is 2. The molecule has 132 valence electrons. The molecule has 0 spiro atoms. The van der Waals surface area contributed by atoms with Crippen LogP contribution in [-0.2, 0) is 12.8 Å². The second kappa shape index (κ2) is 7.33. The van der Waals surface area contributed by atoms with Crippen LogP contribution in [0, 0.1) is 0 Å². The average molecular weight is 366 g/mol. The maximum atomic E-state index is 12.4. The van der Waals surface area contributed by atoms with Crippen molar-refractivity contribution in [3.63, 3.8) is 0 Å². The van der Waals surface area contributed by atoms with E-state index in [1.165, 1.54) is 29.3 Å². The number of hydrogen-bond acceptors (Lipinski definition) is 6. The second-order valence-corrected chi connectivity index (χ2v) is 7.08. The van der Waals surface area contributed by atoms with Crippen molar-refractivity contribution < 1.29 is 13.9 Å². The van der Waals surface area contributed by atoms with Crippen molar-refractivity contribution >= 4 is 17.5 Å². The fourth-order valence-electron chi connectivity index (χ4n) is 3.07.